The van der Waals surface area contributed by atoms with Crippen LogP contribution in [0.3, 0.4) is 0 Å². The number of hydrogen-bond acceptors (Lipinski definition) is 7. The van der Waals surface area contributed by atoms with Gasteiger partial charge in [0.2, 0.25) is 0 Å². The largest absolute Gasteiger partial charge is 0.459 e. The first-order chi connectivity index (χ1) is 16.7. The fourth-order valence-electron chi connectivity index (χ4n) is 4.63. The van der Waals surface area contributed by atoms with Crippen molar-refractivity contribution >= 4 is 11.9 Å². The normalized spacial score (nSPS) is 28.7. The van der Waals surface area contributed by atoms with Gasteiger partial charge in [0.05, 0.1) is 11.1 Å². The van der Waals surface area contributed by atoms with E-state index in [4.69, 9.17) is 14.2 Å². The van der Waals surface area contributed by atoms with E-state index in [0.29, 0.717) is 0 Å². The van der Waals surface area contributed by atoms with Gasteiger partial charge in [-0.25, -0.2) is 18.8 Å². The summed E-state index contributed by atoms with van der Waals surface area (Å²) in [6.07, 6.45) is -0.549. The molecule has 4 atom stereocenters. The topological polar surface area (TPSA) is 117 Å². The zero-order valence-electron chi connectivity index (χ0n) is 18.6. The van der Waals surface area contributed by atoms with Gasteiger partial charge in [-0.3, -0.25) is 14.3 Å². The van der Waals surface area contributed by atoms with Gasteiger partial charge in [-0.05, 0) is 31.2 Å². The molecule has 2 heterocycles. The van der Waals surface area contributed by atoms with Crippen LogP contribution in [0.5, 0.6) is 0 Å². The van der Waals surface area contributed by atoms with Gasteiger partial charge >= 0.3 is 17.6 Å². The third-order valence-electron chi connectivity index (χ3n) is 6.56. The number of hydrogen-bond donors (Lipinski definition) is 1. The van der Waals surface area contributed by atoms with Gasteiger partial charge in [0.25, 0.3) is 5.56 Å². The lowest BCUT2D eigenvalue weighted by molar-refractivity contribution is -0.109. The van der Waals surface area contributed by atoms with Gasteiger partial charge in [0, 0.05) is 18.7 Å². The van der Waals surface area contributed by atoms with Crippen LogP contribution >= 0.6 is 0 Å². The molecule has 2 aromatic carbocycles. The summed E-state index contributed by atoms with van der Waals surface area (Å²) in [5.74, 6) is -1.45. The first-order valence-electron chi connectivity index (χ1n) is 10.9. The number of aromatic amines is 1. The molecule has 180 valence electrons. The van der Waals surface area contributed by atoms with E-state index < -0.39 is 52.9 Å². The minimum absolute atomic E-state index is 0.0950. The number of alkyl halides is 1. The summed E-state index contributed by atoms with van der Waals surface area (Å²) in [6.45, 7) is 0.734. The molecule has 0 unspecified atom stereocenters. The highest BCUT2D eigenvalue weighted by molar-refractivity contribution is 5.90. The van der Waals surface area contributed by atoms with Crippen molar-refractivity contribution in [2.24, 2.45) is 0 Å². The molecule has 10 heteroatoms. The average Bonchev–Trinajstić information content (AvgIpc) is 3.45. The molecule has 1 saturated carbocycles. The Labute approximate surface area is 198 Å². The quantitative estimate of drug-likeness (QED) is 0.539. The monoisotopic (exact) mass is 480 g/mol. The van der Waals surface area contributed by atoms with Gasteiger partial charge in [-0.2, -0.15) is 0 Å². The fourth-order valence-corrected chi connectivity index (χ4v) is 4.63. The summed E-state index contributed by atoms with van der Waals surface area (Å²) in [6, 6.07) is 17.3. The highest BCUT2D eigenvalue weighted by atomic mass is 19.1. The zero-order valence-corrected chi connectivity index (χ0v) is 18.6. The Balaban J connectivity index is 1.49. The van der Waals surface area contributed by atoms with Crippen molar-refractivity contribution < 1.29 is 28.2 Å². The molecular weight excluding hydrogens is 459 g/mol. The smallest absolute Gasteiger partial charge is 0.338 e. The molecule has 0 spiro atoms. The summed E-state index contributed by atoms with van der Waals surface area (Å²) in [4.78, 5) is 51.4. The SMILES string of the molecule is C[C@]1(F)[C@H](n2ccc(=O)[nH]c2=O)O[C@@]2(COC(=O)c3ccccc3)C[C@@]21OC(=O)c1ccccc1. The van der Waals surface area contributed by atoms with Crippen LogP contribution in [0.15, 0.2) is 82.5 Å². The molecule has 5 rings (SSSR count). The first-order valence-corrected chi connectivity index (χ1v) is 10.9. The van der Waals surface area contributed by atoms with E-state index in [9.17, 15) is 19.2 Å². The Kier molecular flexibility index (Phi) is 5.21. The van der Waals surface area contributed by atoms with Crippen molar-refractivity contribution in [3.63, 3.8) is 0 Å². The third-order valence-corrected chi connectivity index (χ3v) is 6.56. The number of rotatable bonds is 6. The number of esters is 2. The van der Waals surface area contributed by atoms with Crippen LogP contribution in [0.1, 0.15) is 40.3 Å². The van der Waals surface area contributed by atoms with E-state index in [1.165, 1.54) is 12.1 Å². The molecule has 1 N–H and O–H groups in total. The summed E-state index contributed by atoms with van der Waals surface area (Å²) < 4.78 is 34.5. The van der Waals surface area contributed by atoms with Gasteiger partial charge in [0.1, 0.15) is 6.61 Å². The molecule has 0 amide bonds. The average molecular weight is 480 g/mol. The Bertz CT molecular complexity index is 1400. The van der Waals surface area contributed by atoms with Crippen molar-refractivity contribution in [1.82, 2.24) is 9.55 Å². The van der Waals surface area contributed by atoms with Gasteiger partial charge < -0.3 is 14.2 Å². The highest BCUT2D eigenvalue weighted by Crippen LogP contribution is 2.70. The fraction of sp³-hybridized carbons (Fsp3) is 0.280. The van der Waals surface area contributed by atoms with Crippen LogP contribution in [-0.4, -0.2) is 45.0 Å². The lowest BCUT2D eigenvalue weighted by Crippen LogP contribution is -2.48. The van der Waals surface area contributed by atoms with E-state index in [2.05, 4.69) is 4.98 Å². The zero-order chi connectivity index (χ0) is 24.8. The number of fused-ring (bicyclic) bond motifs is 1. The van der Waals surface area contributed by atoms with Crippen LogP contribution < -0.4 is 11.2 Å². The number of carbonyl (C=O) groups excluding carboxylic acids is 2. The van der Waals surface area contributed by atoms with Gasteiger partial charge in [-0.1, -0.05) is 36.4 Å². The molecule has 3 aromatic rings. The van der Waals surface area contributed by atoms with E-state index in [0.717, 1.165) is 23.8 Å². The summed E-state index contributed by atoms with van der Waals surface area (Å²) in [5, 5.41) is 0. The first kappa shape index (κ1) is 22.7. The number of carbonyl (C=O) groups is 2. The maximum absolute atomic E-state index is 16.5. The maximum atomic E-state index is 16.5. The standard InChI is InChI=1S/C25H21FN2O7/c1-23(26)21(28-13-12-18(29)27-22(28)32)35-24(15-33-19(30)16-8-4-2-5-9-16)14-25(23,24)34-20(31)17-10-6-3-7-11-17/h2-13,21H,14-15H2,1H3,(H,27,29,32)/t21-,23+,24-,25+/m1/s1. The number of halogens is 1. The number of benzene rings is 2. The highest BCUT2D eigenvalue weighted by Gasteiger charge is 2.89. The molecule has 1 aliphatic heterocycles. The van der Waals surface area contributed by atoms with Gasteiger partial charge in [-0.15, -0.1) is 0 Å². The Morgan fingerprint density at radius 3 is 2.23 bits per heavy atom. The minimum atomic E-state index is -2.42. The number of nitrogens with one attached hydrogen (secondary N) is 1. The second-order valence-electron chi connectivity index (χ2n) is 8.76. The maximum Gasteiger partial charge on any atom is 0.338 e. The Hall–Kier alpha value is -4.05. The minimum Gasteiger partial charge on any atom is -0.459 e. The molecule has 1 aromatic heterocycles. The van der Waals surface area contributed by atoms with Crippen LogP contribution in [0.2, 0.25) is 0 Å². The molecule has 2 aliphatic rings. The lowest BCUT2D eigenvalue weighted by Gasteiger charge is -2.31. The van der Waals surface area contributed by atoms with Crippen LogP contribution in [0.4, 0.5) is 4.39 Å². The van der Waals surface area contributed by atoms with Gasteiger partial charge in [0.15, 0.2) is 23.1 Å². The van der Waals surface area contributed by atoms with Crippen molar-refractivity contribution in [2.75, 3.05) is 6.61 Å². The number of aromatic nitrogens is 2. The predicted molar refractivity (Wildman–Crippen MR) is 120 cm³/mol. The molecule has 1 aliphatic carbocycles. The summed E-state index contributed by atoms with van der Waals surface area (Å²) >= 11 is 0. The van der Waals surface area contributed by atoms with Crippen LogP contribution in [0.25, 0.3) is 0 Å². The number of nitrogens with zero attached hydrogens (tertiary/aromatic N) is 1. The van der Waals surface area contributed by atoms with Crippen LogP contribution in [0, 0.1) is 0 Å². The predicted octanol–water partition coefficient (Wildman–Crippen LogP) is 2.39. The summed E-state index contributed by atoms with van der Waals surface area (Å²) in [5.41, 5.74) is -6.87. The molecule has 0 bridgehead atoms. The van der Waals surface area contributed by atoms with E-state index in [1.54, 1.807) is 48.5 Å². The summed E-state index contributed by atoms with van der Waals surface area (Å²) in [7, 11) is 0. The number of H-pyrrole nitrogens is 1. The van der Waals surface area contributed by atoms with Crippen LogP contribution in [-0.2, 0) is 14.2 Å². The van der Waals surface area contributed by atoms with E-state index in [-0.39, 0.29) is 17.5 Å². The second kappa shape index (κ2) is 8.02. The lowest BCUT2D eigenvalue weighted by atomic mass is 9.95. The molecule has 0 radical (unpaired) electrons. The Morgan fingerprint density at radius 1 is 1.03 bits per heavy atom. The van der Waals surface area contributed by atoms with Crippen molar-refractivity contribution in [1.29, 1.82) is 0 Å². The van der Waals surface area contributed by atoms with E-state index in [1.807, 2.05) is 0 Å². The number of ether oxygens (including phenoxy) is 3. The second-order valence-corrected chi connectivity index (χ2v) is 8.76. The molecule has 35 heavy (non-hydrogen) atoms. The molecular formula is C25H21FN2O7. The van der Waals surface area contributed by atoms with Crippen molar-refractivity contribution in [3.05, 3.63) is 105 Å². The van der Waals surface area contributed by atoms with E-state index >= 15 is 4.39 Å². The molecule has 9 nitrogen and oxygen atoms in total. The Morgan fingerprint density at radius 2 is 1.63 bits per heavy atom. The third kappa shape index (κ3) is 3.57. The molecule has 2 fully saturated rings. The molecule has 1 saturated heterocycles. The van der Waals surface area contributed by atoms with Crippen molar-refractivity contribution in [2.45, 2.75) is 36.4 Å². The van der Waals surface area contributed by atoms with Crippen molar-refractivity contribution in [3.8, 4) is 0 Å².